The lowest BCUT2D eigenvalue weighted by Crippen LogP contribution is -2.52. The van der Waals surface area contributed by atoms with Gasteiger partial charge in [0, 0.05) is 17.6 Å². The zero-order chi connectivity index (χ0) is 28.0. The molecule has 0 saturated heterocycles. The Bertz CT molecular complexity index is 1380. The number of anilines is 1. The van der Waals surface area contributed by atoms with E-state index < -0.39 is 40.2 Å². The van der Waals surface area contributed by atoms with Crippen molar-refractivity contribution in [2.45, 2.75) is 51.2 Å². The summed E-state index contributed by atoms with van der Waals surface area (Å²) in [5.41, 5.74) is 1.31. The molecule has 0 fully saturated rings. The smallest absolute Gasteiger partial charge is 0.264 e. The van der Waals surface area contributed by atoms with Crippen molar-refractivity contribution >= 4 is 39.1 Å². The molecule has 1 atom stereocenters. The molecule has 0 radical (unpaired) electrons. The summed E-state index contributed by atoms with van der Waals surface area (Å²) < 4.78 is 42.1. The van der Waals surface area contributed by atoms with Crippen molar-refractivity contribution in [3.8, 4) is 0 Å². The maximum Gasteiger partial charge on any atom is 0.264 e. The second-order valence-electron chi connectivity index (χ2n) is 9.20. The number of sulfonamides is 1. The Kier molecular flexibility index (Phi) is 9.51. The van der Waals surface area contributed by atoms with Gasteiger partial charge in [0.05, 0.1) is 10.6 Å². The summed E-state index contributed by atoms with van der Waals surface area (Å²) >= 11 is 6.31. The lowest BCUT2D eigenvalue weighted by molar-refractivity contribution is -0.139. The van der Waals surface area contributed by atoms with Crippen LogP contribution in [0, 0.1) is 12.7 Å². The van der Waals surface area contributed by atoms with Crippen molar-refractivity contribution in [1.29, 1.82) is 0 Å². The van der Waals surface area contributed by atoms with E-state index in [1.54, 1.807) is 64.1 Å². The summed E-state index contributed by atoms with van der Waals surface area (Å²) in [4.78, 5) is 28.0. The highest BCUT2D eigenvalue weighted by atomic mass is 35.5. The third-order valence-corrected chi connectivity index (χ3v) is 8.17. The Balaban J connectivity index is 2.06. The molecule has 0 aliphatic heterocycles. The Morgan fingerprint density at radius 1 is 0.947 bits per heavy atom. The van der Waals surface area contributed by atoms with Crippen LogP contribution in [0.5, 0.6) is 0 Å². The molecule has 3 rings (SSSR count). The summed E-state index contributed by atoms with van der Waals surface area (Å²) in [6, 6.07) is 17.0. The van der Waals surface area contributed by atoms with E-state index in [1.807, 2.05) is 0 Å². The van der Waals surface area contributed by atoms with E-state index >= 15 is 0 Å². The van der Waals surface area contributed by atoms with E-state index in [2.05, 4.69) is 5.32 Å². The fourth-order valence-electron chi connectivity index (χ4n) is 3.87. The number of nitrogens with one attached hydrogen (secondary N) is 1. The molecule has 0 bridgehead atoms. The van der Waals surface area contributed by atoms with Gasteiger partial charge in [0.25, 0.3) is 10.0 Å². The van der Waals surface area contributed by atoms with E-state index in [9.17, 15) is 22.4 Å². The molecule has 0 aliphatic rings. The molecule has 3 aromatic rings. The summed E-state index contributed by atoms with van der Waals surface area (Å²) in [5.74, 6) is -1.44. The van der Waals surface area contributed by atoms with Gasteiger partial charge in [0.2, 0.25) is 11.8 Å². The fraction of sp³-hybridized carbons (Fsp3) is 0.286. The molecular weight excluding hydrogens is 529 g/mol. The molecular formula is C28H31ClFN3O4S. The highest BCUT2D eigenvalue weighted by molar-refractivity contribution is 7.92. The third-order valence-electron chi connectivity index (χ3n) is 5.98. The number of halogens is 2. The first-order valence-corrected chi connectivity index (χ1v) is 13.9. The van der Waals surface area contributed by atoms with Crippen LogP contribution in [-0.2, 0) is 26.2 Å². The summed E-state index contributed by atoms with van der Waals surface area (Å²) in [6.45, 7) is 6.22. The van der Waals surface area contributed by atoms with E-state index in [1.165, 1.54) is 41.3 Å². The van der Waals surface area contributed by atoms with Crippen molar-refractivity contribution in [2.24, 2.45) is 0 Å². The first-order valence-electron chi connectivity index (χ1n) is 12.1. The lowest BCUT2D eigenvalue weighted by atomic mass is 10.1. The van der Waals surface area contributed by atoms with Crippen molar-refractivity contribution < 1.29 is 22.4 Å². The molecule has 10 heteroatoms. The maximum absolute atomic E-state index is 13.8. The van der Waals surface area contributed by atoms with Crippen LogP contribution < -0.4 is 9.62 Å². The molecule has 0 spiro atoms. The number of hydrogen-bond acceptors (Lipinski definition) is 4. The molecule has 38 heavy (non-hydrogen) atoms. The predicted octanol–water partition coefficient (Wildman–Crippen LogP) is 4.92. The Morgan fingerprint density at radius 3 is 2.18 bits per heavy atom. The number of carbonyl (C=O) groups excluding carboxylic acids is 2. The second kappa shape index (κ2) is 12.4. The number of hydrogen-bond donors (Lipinski definition) is 1. The van der Waals surface area contributed by atoms with E-state index in [-0.39, 0.29) is 23.2 Å². The SMILES string of the molecule is Cc1c(Cl)cccc1N(CC(=O)N(Cc1ccc(F)cc1)[C@@H](C)C(=O)NC(C)C)S(=O)(=O)c1ccccc1. The first-order chi connectivity index (χ1) is 17.9. The topological polar surface area (TPSA) is 86.8 Å². The first kappa shape index (κ1) is 29.1. The molecule has 0 heterocycles. The van der Waals surface area contributed by atoms with Gasteiger partial charge in [0.1, 0.15) is 18.4 Å². The average molecular weight is 560 g/mol. The minimum Gasteiger partial charge on any atom is -0.352 e. The minimum absolute atomic E-state index is 0.00265. The highest BCUT2D eigenvalue weighted by Gasteiger charge is 2.33. The van der Waals surface area contributed by atoms with Gasteiger partial charge in [-0.25, -0.2) is 12.8 Å². The molecule has 3 aromatic carbocycles. The van der Waals surface area contributed by atoms with Gasteiger partial charge in [-0.15, -0.1) is 0 Å². The summed E-state index contributed by atoms with van der Waals surface area (Å²) in [5, 5.41) is 3.13. The molecule has 0 aromatic heterocycles. The zero-order valence-corrected chi connectivity index (χ0v) is 23.3. The van der Waals surface area contributed by atoms with Crippen LogP contribution in [0.4, 0.5) is 10.1 Å². The number of rotatable bonds is 10. The Hall–Kier alpha value is -3.43. The zero-order valence-electron chi connectivity index (χ0n) is 21.7. The molecule has 0 unspecified atom stereocenters. The highest BCUT2D eigenvalue weighted by Crippen LogP contribution is 2.31. The van der Waals surface area contributed by atoms with E-state index in [0.717, 1.165) is 4.31 Å². The molecule has 7 nitrogen and oxygen atoms in total. The van der Waals surface area contributed by atoms with Crippen molar-refractivity contribution in [3.05, 3.63) is 94.8 Å². The van der Waals surface area contributed by atoms with Gasteiger partial charge < -0.3 is 10.2 Å². The normalized spacial score (nSPS) is 12.2. The summed E-state index contributed by atoms with van der Waals surface area (Å²) in [7, 11) is -4.19. The van der Waals surface area contributed by atoms with Crippen LogP contribution >= 0.6 is 11.6 Å². The van der Waals surface area contributed by atoms with Crippen molar-refractivity contribution in [2.75, 3.05) is 10.8 Å². The minimum atomic E-state index is -4.19. The third kappa shape index (κ3) is 6.90. The van der Waals surface area contributed by atoms with Crippen molar-refractivity contribution in [3.63, 3.8) is 0 Å². The van der Waals surface area contributed by atoms with Gasteiger partial charge in [-0.3, -0.25) is 13.9 Å². The molecule has 1 N–H and O–H groups in total. The van der Waals surface area contributed by atoms with Crippen LogP contribution in [0.25, 0.3) is 0 Å². The van der Waals surface area contributed by atoms with Crippen LogP contribution in [0.3, 0.4) is 0 Å². The average Bonchev–Trinajstić information content (AvgIpc) is 2.88. The molecule has 202 valence electrons. The van der Waals surface area contributed by atoms with Crippen LogP contribution in [0.2, 0.25) is 5.02 Å². The van der Waals surface area contributed by atoms with Crippen LogP contribution in [0.15, 0.2) is 77.7 Å². The fourth-order valence-corrected chi connectivity index (χ4v) is 5.54. The van der Waals surface area contributed by atoms with Gasteiger partial charge in [-0.05, 0) is 75.2 Å². The maximum atomic E-state index is 13.8. The molecule has 0 aliphatic carbocycles. The van der Waals surface area contributed by atoms with Gasteiger partial charge in [0.15, 0.2) is 0 Å². The summed E-state index contributed by atoms with van der Waals surface area (Å²) in [6.07, 6.45) is 0. The standard InChI is InChI=1S/C28H31ClFN3O4S/c1-19(2)31-28(35)21(4)32(17-22-13-15-23(30)16-14-22)27(34)18-33(26-12-8-11-25(29)20(26)3)38(36,37)24-9-6-5-7-10-24/h5-16,19,21H,17-18H2,1-4H3,(H,31,35)/t21-/m0/s1. The lowest BCUT2D eigenvalue weighted by Gasteiger charge is -2.32. The number of carbonyl (C=O) groups is 2. The van der Waals surface area contributed by atoms with Crippen LogP contribution in [-0.4, -0.2) is 43.8 Å². The largest absolute Gasteiger partial charge is 0.352 e. The quantitative estimate of drug-likeness (QED) is 0.382. The van der Waals surface area contributed by atoms with Crippen LogP contribution in [0.1, 0.15) is 31.9 Å². The number of benzene rings is 3. The van der Waals surface area contributed by atoms with Gasteiger partial charge >= 0.3 is 0 Å². The van der Waals surface area contributed by atoms with Gasteiger partial charge in [-0.1, -0.05) is 48.0 Å². The van der Waals surface area contributed by atoms with Crippen molar-refractivity contribution in [1.82, 2.24) is 10.2 Å². The predicted molar refractivity (Wildman–Crippen MR) is 147 cm³/mol. The van der Waals surface area contributed by atoms with E-state index in [0.29, 0.717) is 16.1 Å². The second-order valence-corrected chi connectivity index (χ2v) is 11.5. The van der Waals surface area contributed by atoms with Gasteiger partial charge in [-0.2, -0.15) is 0 Å². The monoisotopic (exact) mass is 559 g/mol. The number of amides is 2. The molecule has 2 amide bonds. The Morgan fingerprint density at radius 2 is 1.58 bits per heavy atom. The Labute approximate surface area is 228 Å². The number of nitrogens with zero attached hydrogens (tertiary/aromatic N) is 2. The van der Waals surface area contributed by atoms with E-state index in [4.69, 9.17) is 11.6 Å². The molecule has 0 saturated carbocycles.